The molecule has 0 spiro atoms. The molecule has 1 aliphatic rings. The number of rotatable bonds is 3. The van der Waals surface area contributed by atoms with E-state index in [-0.39, 0.29) is 17.9 Å². The number of nitriles is 1. The highest BCUT2D eigenvalue weighted by Gasteiger charge is 2.21. The van der Waals surface area contributed by atoms with E-state index in [9.17, 15) is 4.79 Å². The van der Waals surface area contributed by atoms with E-state index in [0.717, 1.165) is 19.4 Å². The van der Waals surface area contributed by atoms with Crippen LogP contribution in [-0.2, 0) is 4.79 Å². The first-order valence-electron chi connectivity index (χ1n) is 4.64. The van der Waals surface area contributed by atoms with Crippen LogP contribution in [-0.4, -0.2) is 25.0 Å². The molecule has 1 saturated heterocycles. The molecule has 0 saturated carbocycles. The second kappa shape index (κ2) is 4.83. The Hall–Kier alpha value is -1.08. The van der Waals surface area contributed by atoms with Gasteiger partial charge in [0.25, 0.3) is 0 Å². The van der Waals surface area contributed by atoms with E-state index in [1.54, 1.807) is 0 Å². The van der Waals surface area contributed by atoms with Crippen LogP contribution in [0.4, 0.5) is 0 Å². The third-order valence-corrected chi connectivity index (χ3v) is 2.18. The predicted molar refractivity (Wildman–Crippen MR) is 48.8 cm³/mol. The Kier molecular flexibility index (Phi) is 3.71. The molecule has 1 aliphatic heterocycles. The molecule has 2 atom stereocenters. The van der Waals surface area contributed by atoms with Crippen molar-refractivity contribution in [2.24, 2.45) is 5.92 Å². The van der Waals surface area contributed by atoms with Gasteiger partial charge in [-0.2, -0.15) is 5.26 Å². The van der Waals surface area contributed by atoms with Gasteiger partial charge in [-0.05, 0) is 19.8 Å². The van der Waals surface area contributed by atoms with Gasteiger partial charge in [0, 0.05) is 13.1 Å². The topological polar surface area (TPSA) is 64.9 Å². The molecule has 1 fully saturated rings. The van der Waals surface area contributed by atoms with Crippen LogP contribution < -0.4 is 10.6 Å². The SMILES string of the molecule is CC(C#N)CNC1CCCNC1=O. The molecule has 1 rings (SSSR count). The van der Waals surface area contributed by atoms with Crippen LogP contribution in [0.1, 0.15) is 19.8 Å². The fourth-order valence-corrected chi connectivity index (χ4v) is 1.33. The molecule has 13 heavy (non-hydrogen) atoms. The van der Waals surface area contributed by atoms with Crippen LogP contribution in [0.2, 0.25) is 0 Å². The third kappa shape index (κ3) is 3.03. The Morgan fingerprint density at radius 1 is 1.85 bits per heavy atom. The number of nitrogens with zero attached hydrogens (tertiary/aromatic N) is 1. The summed E-state index contributed by atoms with van der Waals surface area (Å²) in [5.41, 5.74) is 0. The van der Waals surface area contributed by atoms with Crippen LogP contribution in [0.5, 0.6) is 0 Å². The molecule has 2 N–H and O–H groups in total. The van der Waals surface area contributed by atoms with Gasteiger partial charge in [0.05, 0.1) is 18.0 Å². The molecule has 4 nitrogen and oxygen atoms in total. The lowest BCUT2D eigenvalue weighted by Gasteiger charge is -2.23. The van der Waals surface area contributed by atoms with Crippen molar-refractivity contribution in [2.45, 2.75) is 25.8 Å². The predicted octanol–water partition coefficient (Wildman–Crippen LogP) is 0.0143. The maximum Gasteiger partial charge on any atom is 0.237 e. The largest absolute Gasteiger partial charge is 0.355 e. The summed E-state index contributed by atoms with van der Waals surface area (Å²) in [6, 6.07) is 2.03. The minimum atomic E-state index is -0.0930. The molecule has 0 aromatic heterocycles. The van der Waals surface area contributed by atoms with Crippen molar-refractivity contribution >= 4 is 5.91 Å². The molecule has 4 heteroatoms. The summed E-state index contributed by atoms with van der Waals surface area (Å²) in [7, 11) is 0. The molecule has 0 bridgehead atoms. The van der Waals surface area contributed by atoms with Crippen LogP contribution in [0.25, 0.3) is 0 Å². The molecule has 0 aliphatic carbocycles. The summed E-state index contributed by atoms with van der Waals surface area (Å²) >= 11 is 0. The lowest BCUT2D eigenvalue weighted by molar-refractivity contribution is -0.124. The fraction of sp³-hybridized carbons (Fsp3) is 0.778. The van der Waals surface area contributed by atoms with Gasteiger partial charge in [-0.1, -0.05) is 0 Å². The van der Waals surface area contributed by atoms with Crippen LogP contribution in [0.15, 0.2) is 0 Å². The summed E-state index contributed by atoms with van der Waals surface area (Å²) in [6.07, 6.45) is 1.90. The van der Waals surface area contributed by atoms with E-state index < -0.39 is 0 Å². The number of hydrogen-bond donors (Lipinski definition) is 2. The first-order valence-corrected chi connectivity index (χ1v) is 4.64. The van der Waals surface area contributed by atoms with Crippen molar-refractivity contribution < 1.29 is 4.79 Å². The summed E-state index contributed by atoms with van der Waals surface area (Å²) in [4.78, 5) is 11.2. The Balaban J connectivity index is 2.27. The first kappa shape index (κ1) is 10.0. The van der Waals surface area contributed by atoms with E-state index >= 15 is 0 Å². The quantitative estimate of drug-likeness (QED) is 0.645. The minimum absolute atomic E-state index is 0.0327. The number of carbonyl (C=O) groups excluding carboxylic acids is 1. The van der Waals surface area contributed by atoms with Crippen molar-refractivity contribution in [3.8, 4) is 6.07 Å². The van der Waals surface area contributed by atoms with Gasteiger partial charge in [-0.3, -0.25) is 4.79 Å². The maximum absolute atomic E-state index is 11.2. The van der Waals surface area contributed by atoms with Gasteiger partial charge >= 0.3 is 0 Å². The van der Waals surface area contributed by atoms with Crippen molar-refractivity contribution in [1.82, 2.24) is 10.6 Å². The van der Waals surface area contributed by atoms with E-state index in [2.05, 4.69) is 16.7 Å². The van der Waals surface area contributed by atoms with Crippen LogP contribution in [0.3, 0.4) is 0 Å². The minimum Gasteiger partial charge on any atom is -0.355 e. The van der Waals surface area contributed by atoms with Crippen molar-refractivity contribution in [2.75, 3.05) is 13.1 Å². The highest BCUT2D eigenvalue weighted by Crippen LogP contribution is 2.03. The fourth-order valence-electron chi connectivity index (χ4n) is 1.33. The third-order valence-electron chi connectivity index (χ3n) is 2.18. The number of piperidine rings is 1. The molecule has 0 aromatic rings. The van der Waals surface area contributed by atoms with Crippen LogP contribution >= 0.6 is 0 Å². The van der Waals surface area contributed by atoms with E-state index in [1.807, 2.05) is 6.92 Å². The summed E-state index contributed by atoms with van der Waals surface area (Å²) in [5, 5.41) is 14.4. The smallest absolute Gasteiger partial charge is 0.237 e. The molecular formula is C9H15N3O. The number of hydrogen-bond acceptors (Lipinski definition) is 3. The van der Waals surface area contributed by atoms with Crippen LogP contribution in [0, 0.1) is 17.2 Å². The Morgan fingerprint density at radius 2 is 2.62 bits per heavy atom. The molecule has 1 amide bonds. The zero-order chi connectivity index (χ0) is 9.68. The lowest BCUT2D eigenvalue weighted by atomic mass is 10.1. The number of nitrogens with one attached hydrogen (secondary N) is 2. The Morgan fingerprint density at radius 3 is 3.23 bits per heavy atom. The molecule has 72 valence electrons. The van der Waals surface area contributed by atoms with Crippen molar-refractivity contribution in [3.63, 3.8) is 0 Å². The maximum atomic E-state index is 11.2. The molecule has 2 unspecified atom stereocenters. The molecule has 0 aromatic carbocycles. The van der Waals surface area contributed by atoms with E-state index in [1.165, 1.54) is 0 Å². The molecule has 0 radical (unpaired) electrons. The summed E-state index contributed by atoms with van der Waals surface area (Å²) in [6.45, 7) is 3.22. The Labute approximate surface area is 78.3 Å². The van der Waals surface area contributed by atoms with E-state index in [0.29, 0.717) is 6.54 Å². The average Bonchev–Trinajstić information content (AvgIpc) is 2.16. The second-order valence-corrected chi connectivity index (χ2v) is 3.42. The first-order chi connectivity index (χ1) is 6.24. The Bertz CT molecular complexity index is 221. The van der Waals surface area contributed by atoms with Gasteiger partial charge in [-0.15, -0.1) is 0 Å². The van der Waals surface area contributed by atoms with Crippen molar-refractivity contribution in [3.05, 3.63) is 0 Å². The zero-order valence-electron chi connectivity index (χ0n) is 7.84. The van der Waals surface area contributed by atoms with Crippen molar-refractivity contribution in [1.29, 1.82) is 5.26 Å². The highest BCUT2D eigenvalue weighted by molar-refractivity contribution is 5.82. The number of carbonyl (C=O) groups is 1. The second-order valence-electron chi connectivity index (χ2n) is 3.42. The average molecular weight is 181 g/mol. The van der Waals surface area contributed by atoms with Gasteiger partial charge in [0.15, 0.2) is 0 Å². The lowest BCUT2D eigenvalue weighted by Crippen LogP contribution is -2.49. The molecular weight excluding hydrogens is 166 g/mol. The number of amides is 1. The van der Waals surface area contributed by atoms with Gasteiger partial charge in [0.2, 0.25) is 5.91 Å². The monoisotopic (exact) mass is 181 g/mol. The summed E-state index contributed by atoms with van der Waals surface area (Å²) < 4.78 is 0. The zero-order valence-corrected chi connectivity index (χ0v) is 7.84. The normalized spacial score (nSPS) is 24.6. The summed E-state index contributed by atoms with van der Waals surface area (Å²) in [5.74, 6) is 0.0334. The van der Waals surface area contributed by atoms with Gasteiger partial charge in [-0.25, -0.2) is 0 Å². The molecule has 1 heterocycles. The highest BCUT2D eigenvalue weighted by atomic mass is 16.2. The van der Waals surface area contributed by atoms with E-state index in [4.69, 9.17) is 5.26 Å². The van der Waals surface area contributed by atoms with Gasteiger partial charge in [0.1, 0.15) is 0 Å². The van der Waals surface area contributed by atoms with Gasteiger partial charge < -0.3 is 10.6 Å². The standard InChI is InChI=1S/C9H15N3O/c1-7(5-10)6-12-8-3-2-4-11-9(8)13/h7-8,12H,2-4,6H2,1H3,(H,11,13).